The van der Waals surface area contributed by atoms with Crippen LogP contribution in [0.5, 0.6) is 0 Å². The first-order chi connectivity index (χ1) is 12.2. The largest absolute Gasteiger partial charge is 0.368 e. The second-order valence-corrected chi connectivity index (χ2v) is 6.43. The standard InChI is InChI=1S/C14H14FN9S/c15-8-1-3-9(4-2-8)17-13-19-11(18-12(16)20-13)7-25-14-21-22-23-24(14)10-5-6-10/h1-4,10H,5-7H2,(H3,16,17,18,19,20). The van der Waals surface area contributed by atoms with E-state index < -0.39 is 0 Å². The topological polar surface area (TPSA) is 120 Å². The minimum Gasteiger partial charge on any atom is -0.368 e. The number of hydrogen-bond acceptors (Lipinski definition) is 9. The maximum absolute atomic E-state index is 13.0. The van der Waals surface area contributed by atoms with Gasteiger partial charge in [-0.2, -0.15) is 15.0 Å². The number of nitrogen functional groups attached to an aromatic ring is 1. The van der Waals surface area contributed by atoms with E-state index in [0.29, 0.717) is 29.3 Å². The highest BCUT2D eigenvalue weighted by Crippen LogP contribution is 2.36. The van der Waals surface area contributed by atoms with Crippen molar-refractivity contribution in [1.82, 2.24) is 35.2 Å². The molecule has 0 bridgehead atoms. The molecule has 0 spiro atoms. The third kappa shape index (κ3) is 3.82. The summed E-state index contributed by atoms with van der Waals surface area (Å²) in [5, 5.41) is 15.5. The molecular formula is C14H14FN9S. The Balaban J connectivity index is 1.47. The molecule has 0 radical (unpaired) electrons. The quantitative estimate of drug-likeness (QED) is 0.636. The summed E-state index contributed by atoms with van der Waals surface area (Å²) in [5.74, 6) is 1.06. The summed E-state index contributed by atoms with van der Waals surface area (Å²) in [6, 6.07) is 6.28. The van der Waals surface area contributed by atoms with Crippen LogP contribution in [0.4, 0.5) is 22.0 Å². The van der Waals surface area contributed by atoms with Crippen molar-refractivity contribution >= 4 is 29.3 Å². The zero-order chi connectivity index (χ0) is 17.2. The minimum atomic E-state index is -0.314. The molecule has 9 nitrogen and oxygen atoms in total. The Morgan fingerprint density at radius 1 is 1.20 bits per heavy atom. The fourth-order valence-corrected chi connectivity index (χ4v) is 2.98. The van der Waals surface area contributed by atoms with Crippen molar-refractivity contribution in [1.29, 1.82) is 0 Å². The summed E-state index contributed by atoms with van der Waals surface area (Å²) < 4.78 is 14.8. The first-order valence-corrected chi connectivity index (χ1v) is 8.59. The Bertz CT molecular complexity index is 878. The van der Waals surface area contributed by atoms with E-state index in [1.165, 1.54) is 23.9 Å². The zero-order valence-corrected chi connectivity index (χ0v) is 13.8. The predicted octanol–water partition coefficient (Wildman–Crippen LogP) is 1.95. The highest BCUT2D eigenvalue weighted by molar-refractivity contribution is 7.98. The molecule has 0 saturated heterocycles. The summed E-state index contributed by atoms with van der Waals surface area (Å²) in [6.45, 7) is 0. The van der Waals surface area contributed by atoms with Gasteiger partial charge in [0.15, 0.2) is 0 Å². The van der Waals surface area contributed by atoms with E-state index >= 15 is 0 Å². The number of benzene rings is 1. The van der Waals surface area contributed by atoms with Crippen molar-refractivity contribution < 1.29 is 4.39 Å². The third-order valence-corrected chi connectivity index (χ3v) is 4.41. The maximum atomic E-state index is 13.0. The Hall–Kier alpha value is -2.82. The Morgan fingerprint density at radius 2 is 2.00 bits per heavy atom. The Morgan fingerprint density at radius 3 is 2.76 bits per heavy atom. The lowest BCUT2D eigenvalue weighted by Crippen LogP contribution is -2.07. The first kappa shape index (κ1) is 15.7. The van der Waals surface area contributed by atoms with E-state index in [0.717, 1.165) is 18.0 Å². The normalized spacial score (nSPS) is 13.8. The van der Waals surface area contributed by atoms with Crippen LogP contribution in [0, 0.1) is 5.82 Å². The fourth-order valence-electron chi connectivity index (χ4n) is 2.18. The lowest BCUT2D eigenvalue weighted by atomic mass is 10.3. The molecule has 2 aromatic heterocycles. The fraction of sp³-hybridized carbons (Fsp3) is 0.286. The maximum Gasteiger partial charge on any atom is 0.232 e. The SMILES string of the molecule is Nc1nc(CSc2nnnn2C2CC2)nc(Nc2ccc(F)cc2)n1. The monoisotopic (exact) mass is 359 g/mol. The van der Waals surface area contributed by atoms with Crippen LogP contribution in [-0.2, 0) is 5.75 Å². The number of anilines is 3. The molecule has 1 aliphatic carbocycles. The van der Waals surface area contributed by atoms with Crippen LogP contribution in [0.2, 0.25) is 0 Å². The molecule has 3 N–H and O–H groups in total. The molecule has 0 unspecified atom stereocenters. The molecule has 4 rings (SSSR count). The van der Waals surface area contributed by atoms with Crippen molar-refractivity contribution in [3.63, 3.8) is 0 Å². The molecule has 25 heavy (non-hydrogen) atoms. The number of nitrogens with two attached hydrogens (primary N) is 1. The summed E-state index contributed by atoms with van der Waals surface area (Å²) in [4.78, 5) is 12.5. The highest BCUT2D eigenvalue weighted by Gasteiger charge is 2.28. The van der Waals surface area contributed by atoms with Crippen LogP contribution in [0.25, 0.3) is 0 Å². The van der Waals surface area contributed by atoms with Gasteiger partial charge in [-0.25, -0.2) is 9.07 Å². The first-order valence-electron chi connectivity index (χ1n) is 7.61. The molecule has 0 amide bonds. The molecule has 1 saturated carbocycles. The number of nitrogens with zero attached hydrogens (tertiary/aromatic N) is 7. The van der Waals surface area contributed by atoms with Crippen LogP contribution in [0.3, 0.4) is 0 Å². The molecule has 128 valence electrons. The molecule has 0 atom stereocenters. The van der Waals surface area contributed by atoms with Gasteiger partial charge in [-0.05, 0) is 47.5 Å². The van der Waals surface area contributed by atoms with Crippen LogP contribution in [-0.4, -0.2) is 35.2 Å². The number of rotatable bonds is 6. The molecular weight excluding hydrogens is 345 g/mol. The number of hydrogen-bond donors (Lipinski definition) is 2. The molecule has 3 aromatic rings. The minimum absolute atomic E-state index is 0.108. The van der Waals surface area contributed by atoms with Gasteiger partial charge in [-0.1, -0.05) is 11.8 Å². The number of halogens is 1. The van der Waals surface area contributed by atoms with Gasteiger partial charge >= 0.3 is 0 Å². The Labute approximate surface area is 146 Å². The summed E-state index contributed by atoms with van der Waals surface area (Å²) in [5.41, 5.74) is 6.41. The average Bonchev–Trinajstić information content (AvgIpc) is 3.33. The zero-order valence-electron chi connectivity index (χ0n) is 13.0. The van der Waals surface area contributed by atoms with Gasteiger partial charge in [0, 0.05) is 5.69 Å². The second kappa shape index (κ2) is 6.59. The van der Waals surface area contributed by atoms with E-state index in [4.69, 9.17) is 5.73 Å². The van der Waals surface area contributed by atoms with E-state index in [1.807, 2.05) is 4.68 Å². The van der Waals surface area contributed by atoms with Gasteiger partial charge in [-0.15, -0.1) is 5.10 Å². The van der Waals surface area contributed by atoms with Gasteiger partial charge in [-0.3, -0.25) is 0 Å². The van der Waals surface area contributed by atoms with E-state index in [-0.39, 0.29) is 11.8 Å². The number of tetrazole rings is 1. The Kier molecular flexibility index (Phi) is 4.14. The second-order valence-electron chi connectivity index (χ2n) is 5.49. The van der Waals surface area contributed by atoms with Gasteiger partial charge < -0.3 is 11.1 Å². The van der Waals surface area contributed by atoms with Crippen molar-refractivity contribution in [2.45, 2.75) is 29.8 Å². The molecule has 1 fully saturated rings. The van der Waals surface area contributed by atoms with Crippen LogP contribution in [0.15, 0.2) is 29.4 Å². The van der Waals surface area contributed by atoms with Gasteiger partial charge in [0.2, 0.25) is 17.1 Å². The van der Waals surface area contributed by atoms with Crippen molar-refractivity contribution in [3.8, 4) is 0 Å². The average molecular weight is 359 g/mol. The van der Waals surface area contributed by atoms with Gasteiger partial charge in [0.25, 0.3) is 0 Å². The molecule has 0 aliphatic heterocycles. The van der Waals surface area contributed by atoms with Crippen LogP contribution in [0.1, 0.15) is 24.7 Å². The predicted molar refractivity (Wildman–Crippen MR) is 89.6 cm³/mol. The van der Waals surface area contributed by atoms with Gasteiger partial charge in [0.05, 0.1) is 11.8 Å². The molecule has 2 heterocycles. The van der Waals surface area contributed by atoms with Crippen molar-refractivity contribution in [3.05, 3.63) is 35.9 Å². The lowest BCUT2D eigenvalue weighted by molar-refractivity contribution is 0.565. The summed E-state index contributed by atoms with van der Waals surface area (Å²) in [6.07, 6.45) is 2.20. The smallest absolute Gasteiger partial charge is 0.232 e. The van der Waals surface area contributed by atoms with Crippen molar-refractivity contribution in [2.24, 2.45) is 0 Å². The number of thioether (sulfide) groups is 1. The third-order valence-electron chi connectivity index (χ3n) is 3.49. The molecule has 1 aliphatic rings. The number of aromatic nitrogens is 7. The van der Waals surface area contributed by atoms with Crippen LogP contribution >= 0.6 is 11.8 Å². The highest BCUT2D eigenvalue weighted by atomic mass is 32.2. The van der Waals surface area contributed by atoms with E-state index in [1.54, 1.807) is 12.1 Å². The summed E-state index contributed by atoms with van der Waals surface area (Å²) in [7, 11) is 0. The molecule has 11 heteroatoms. The van der Waals surface area contributed by atoms with E-state index in [2.05, 4.69) is 35.8 Å². The lowest BCUT2D eigenvalue weighted by Gasteiger charge is -2.07. The van der Waals surface area contributed by atoms with Gasteiger partial charge in [0.1, 0.15) is 11.6 Å². The number of nitrogens with one attached hydrogen (secondary N) is 1. The van der Waals surface area contributed by atoms with E-state index in [9.17, 15) is 4.39 Å². The molecule has 1 aromatic carbocycles. The summed E-state index contributed by atoms with van der Waals surface area (Å²) >= 11 is 1.44. The van der Waals surface area contributed by atoms with Crippen molar-refractivity contribution in [2.75, 3.05) is 11.1 Å². The van der Waals surface area contributed by atoms with Crippen LogP contribution < -0.4 is 11.1 Å².